The van der Waals surface area contributed by atoms with Crippen LogP contribution in [0.25, 0.3) is 0 Å². The van der Waals surface area contributed by atoms with E-state index in [2.05, 4.69) is 38.1 Å². The van der Waals surface area contributed by atoms with E-state index in [1.165, 1.54) is 31.2 Å². The summed E-state index contributed by atoms with van der Waals surface area (Å²) in [5, 5.41) is 11.0. The Bertz CT molecular complexity index is 352. The average Bonchev–Trinajstić information content (AvgIpc) is 2.89. The number of aliphatic hydroxyl groups excluding tert-OH is 1. The first-order valence-electron chi connectivity index (χ1n) is 7.06. The van der Waals surface area contributed by atoms with Gasteiger partial charge >= 0.3 is 0 Å². The smallest absolute Gasteiger partial charge is 0.0880 e. The molecule has 18 heavy (non-hydrogen) atoms. The number of benzene rings is 1. The van der Waals surface area contributed by atoms with Crippen molar-refractivity contribution in [1.82, 2.24) is 0 Å². The van der Waals surface area contributed by atoms with Gasteiger partial charge in [0.15, 0.2) is 0 Å². The third-order valence-electron chi connectivity index (χ3n) is 3.78. The zero-order chi connectivity index (χ0) is 13.0. The Balaban J connectivity index is 1.85. The first-order chi connectivity index (χ1) is 8.66. The lowest BCUT2D eigenvalue weighted by Gasteiger charge is -2.15. The Morgan fingerprint density at radius 1 is 1.11 bits per heavy atom. The second-order valence-electron chi connectivity index (χ2n) is 5.58. The SMILES string of the molecule is CC(C)c1ccc(C(O)CSC2CCCC2)cc1. The summed E-state index contributed by atoms with van der Waals surface area (Å²) in [6.45, 7) is 4.39. The molecule has 1 N–H and O–H groups in total. The highest BCUT2D eigenvalue weighted by molar-refractivity contribution is 7.99. The third kappa shape index (κ3) is 3.76. The van der Waals surface area contributed by atoms with E-state index in [9.17, 15) is 5.11 Å². The van der Waals surface area contributed by atoms with Gasteiger partial charge in [-0.05, 0) is 29.9 Å². The molecule has 2 heteroatoms. The molecule has 1 atom stereocenters. The van der Waals surface area contributed by atoms with Gasteiger partial charge in [0.2, 0.25) is 0 Å². The molecule has 1 aromatic carbocycles. The monoisotopic (exact) mass is 264 g/mol. The summed E-state index contributed by atoms with van der Waals surface area (Å²) < 4.78 is 0. The molecule has 0 heterocycles. The van der Waals surface area contributed by atoms with Gasteiger partial charge in [-0.1, -0.05) is 51.0 Å². The first kappa shape index (κ1) is 14.0. The topological polar surface area (TPSA) is 20.2 Å². The largest absolute Gasteiger partial charge is 0.388 e. The molecule has 100 valence electrons. The van der Waals surface area contributed by atoms with Crippen LogP contribution in [0.3, 0.4) is 0 Å². The molecule has 0 radical (unpaired) electrons. The molecular formula is C16H24OS. The molecule has 2 rings (SSSR count). The summed E-state index contributed by atoms with van der Waals surface area (Å²) in [5.74, 6) is 1.40. The van der Waals surface area contributed by atoms with Crippen LogP contribution in [-0.4, -0.2) is 16.1 Å². The highest BCUT2D eigenvalue weighted by Crippen LogP contribution is 2.32. The van der Waals surface area contributed by atoms with Crippen LogP contribution in [0.4, 0.5) is 0 Å². The molecule has 0 aromatic heterocycles. The van der Waals surface area contributed by atoms with Crippen LogP contribution in [-0.2, 0) is 0 Å². The molecule has 0 saturated heterocycles. The van der Waals surface area contributed by atoms with Crippen molar-refractivity contribution in [2.45, 2.75) is 56.8 Å². The van der Waals surface area contributed by atoms with Gasteiger partial charge in [0.25, 0.3) is 0 Å². The van der Waals surface area contributed by atoms with Crippen LogP contribution in [0.2, 0.25) is 0 Å². The minimum absolute atomic E-state index is 0.309. The van der Waals surface area contributed by atoms with Gasteiger partial charge in [0.1, 0.15) is 0 Å². The number of rotatable bonds is 5. The van der Waals surface area contributed by atoms with E-state index in [-0.39, 0.29) is 6.10 Å². The van der Waals surface area contributed by atoms with Crippen LogP contribution >= 0.6 is 11.8 Å². The second kappa shape index (κ2) is 6.63. The molecule has 1 fully saturated rings. The van der Waals surface area contributed by atoms with Crippen molar-refractivity contribution >= 4 is 11.8 Å². The van der Waals surface area contributed by atoms with Crippen LogP contribution in [0.5, 0.6) is 0 Å². The van der Waals surface area contributed by atoms with Crippen molar-refractivity contribution < 1.29 is 5.11 Å². The van der Waals surface area contributed by atoms with E-state index in [0.717, 1.165) is 16.6 Å². The molecular weight excluding hydrogens is 240 g/mol. The lowest BCUT2D eigenvalue weighted by atomic mass is 10.0. The molecule has 1 nitrogen and oxygen atoms in total. The zero-order valence-corrected chi connectivity index (χ0v) is 12.2. The van der Waals surface area contributed by atoms with Gasteiger partial charge in [0, 0.05) is 11.0 Å². The highest BCUT2D eigenvalue weighted by Gasteiger charge is 2.17. The van der Waals surface area contributed by atoms with Crippen molar-refractivity contribution in [2.75, 3.05) is 5.75 Å². The second-order valence-corrected chi connectivity index (χ2v) is 6.91. The molecule has 1 aliphatic rings. The fourth-order valence-electron chi connectivity index (χ4n) is 2.48. The van der Waals surface area contributed by atoms with E-state index in [1.807, 2.05) is 11.8 Å². The fraction of sp³-hybridized carbons (Fsp3) is 0.625. The highest BCUT2D eigenvalue weighted by atomic mass is 32.2. The van der Waals surface area contributed by atoms with Crippen LogP contribution < -0.4 is 0 Å². The standard InChI is InChI=1S/C16H24OS/c1-12(2)13-7-9-14(10-8-13)16(17)11-18-15-5-3-4-6-15/h7-10,12,15-17H,3-6,11H2,1-2H3. The van der Waals surface area contributed by atoms with Crippen LogP contribution in [0.1, 0.15) is 62.7 Å². The van der Waals surface area contributed by atoms with E-state index >= 15 is 0 Å². The lowest BCUT2D eigenvalue weighted by molar-refractivity contribution is 0.204. The summed E-state index contributed by atoms with van der Waals surface area (Å²) in [5.41, 5.74) is 2.40. The van der Waals surface area contributed by atoms with E-state index < -0.39 is 0 Å². The summed E-state index contributed by atoms with van der Waals surface area (Å²) in [4.78, 5) is 0. The first-order valence-corrected chi connectivity index (χ1v) is 8.11. The average molecular weight is 264 g/mol. The summed E-state index contributed by atoms with van der Waals surface area (Å²) in [6, 6.07) is 8.44. The molecule has 1 aromatic rings. The summed E-state index contributed by atoms with van der Waals surface area (Å²) in [6.07, 6.45) is 5.11. The van der Waals surface area contributed by atoms with Crippen molar-refractivity contribution in [3.63, 3.8) is 0 Å². The number of aliphatic hydroxyl groups is 1. The number of hydrogen-bond donors (Lipinski definition) is 1. The Morgan fingerprint density at radius 3 is 2.22 bits per heavy atom. The van der Waals surface area contributed by atoms with E-state index in [0.29, 0.717) is 5.92 Å². The maximum absolute atomic E-state index is 10.2. The fourth-order valence-corrected chi connectivity index (χ4v) is 3.80. The van der Waals surface area contributed by atoms with Gasteiger partial charge < -0.3 is 5.11 Å². The number of hydrogen-bond acceptors (Lipinski definition) is 2. The molecule has 1 aliphatic carbocycles. The van der Waals surface area contributed by atoms with Gasteiger partial charge in [-0.15, -0.1) is 0 Å². The predicted octanol–water partition coefficient (Wildman–Crippen LogP) is 4.52. The van der Waals surface area contributed by atoms with E-state index in [4.69, 9.17) is 0 Å². The van der Waals surface area contributed by atoms with Crippen LogP contribution in [0, 0.1) is 0 Å². The Hall–Kier alpha value is -0.470. The minimum Gasteiger partial charge on any atom is -0.388 e. The molecule has 0 amide bonds. The summed E-state index contributed by atoms with van der Waals surface area (Å²) in [7, 11) is 0. The molecule has 0 aliphatic heterocycles. The van der Waals surface area contributed by atoms with Gasteiger partial charge in [0.05, 0.1) is 6.10 Å². The predicted molar refractivity (Wildman–Crippen MR) is 80.2 cm³/mol. The molecule has 1 unspecified atom stereocenters. The Labute approximate surface area is 115 Å². The molecule has 0 bridgehead atoms. The van der Waals surface area contributed by atoms with Gasteiger partial charge in [-0.3, -0.25) is 0 Å². The van der Waals surface area contributed by atoms with E-state index in [1.54, 1.807) is 0 Å². The van der Waals surface area contributed by atoms with Crippen LogP contribution in [0.15, 0.2) is 24.3 Å². The maximum Gasteiger partial charge on any atom is 0.0880 e. The maximum atomic E-state index is 10.2. The van der Waals surface area contributed by atoms with Crippen molar-refractivity contribution in [2.24, 2.45) is 0 Å². The molecule has 0 spiro atoms. The zero-order valence-electron chi connectivity index (χ0n) is 11.4. The quantitative estimate of drug-likeness (QED) is 0.844. The third-order valence-corrected chi connectivity index (χ3v) is 5.23. The Morgan fingerprint density at radius 2 is 1.67 bits per heavy atom. The van der Waals surface area contributed by atoms with Crippen molar-refractivity contribution in [3.05, 3.63) is 35.4 Å². The Kier molecular flexibility index (Phi) is 5.13. The minimum atomic E-state index is -0.309. The molecule has 1 saturated carbocycles. The van der Waals surface area contributed by atoms with Gasteiger partial charge in [-0.25, -0.2) is 0 Å². The number of thioether (sulfide) groups is 1. The van der Waals surface area contributed by atoms with Crippen molar-refractivity contribution in [3.8, 4) is 0 Å². The summed E-state index contributed by atoms with van der Waals surface area (Å²) >= 11 is 1.95. The normalized spacial score (nSPS) is 18.4. The van der Waals surface area contributed by atoms with Crippen molar-refractivity contribution in [1.29, 1.82) is 0 Å². The lowest BCUT2D eigenvalue weighted by Crippen LogP contribution is -2.05. The van der Waals surface area contributed by atoms with Gasteiger partial charge in [-0.2, -0.15) is 11.8 Å².